The Morgan fingerprint density at radius 2 is 1.64 bits per heavy atom. The predicted octanol–water partition coefficient (Wildman–Crippen LogP) is 2.66. The zero-order valence-electron chi connectivity index (χ0n) is 7.33. The topological polar surface area (TPSA) is 46.5 Å². The van der Waals surface area contributed by atoms with Gasteiger partial charge in [-0.25, -0.2) is 0 Å². The highest BCUT2D eigenvalue weighted by Crippen LogP contribution is 2.31. The molecule has 0 spiro atoms. The fourth-order valence-corrected chi connectivity index (χ4v) is 5.48. The zero-order valence-corrected chi connectivity index (χ0v) is 9.23. The lowest BCUT2D eigenvalue weighted by atomic mass is 10.9. The van der Waals surface area contributed by atoms with Crippen LogP contribution in [0, 0.1) is 0 Å². The molecule has 66 valence electrons. The summed E-state index contributed by atoms with van der Waals surface area (Å²) in [6.45, 7) is 6.08. The van der Waals surface area contributed by atoms with Crippen LogP contribution in [0.3, 0.4) is 0 Å². The molecule has 0 bridgehead atoms. The summed E-state index contributed by atoms with van der Waals surface area (Å²) < 4.78 is 15.5. The lowest BCUT2D eigenvalue weighted by Gasteiger charge is -2.18. The van der Waals surface area contributed by atoms with E-state index < -0.39 is 16.6 Å². The average molecular weight is 195 g/mol. The van der Waals surface area contributed by atoms with Gasteiger partial charge >= 0.3 is 8.25 Å². The Labute approximate surface area is 69.9 Å². The third-order valence-electron chi connectivity index (χ3n) is 2.20. The van der Waals surface area contributed by atoms with Gasteiger partial charge in [-0.3, -0.25) is 0 Å². The SMILES string of the molecule is CC[Si](CC)(CC)O[P+](=O)O. The quantitative estimate of drug-likeness (QED) is 0.542. The molecule has 3 nitrogen and oxygen atoms in total. The van der Waals surface area contributed by atoms with Crippen molar-refractivity contribution in [2.24, 2.45) is 0 Å². The summed E-state index contributed by atoms with van der Waals surface area (Å²) in [4.78, 5) is 8.60. The largest absolute Gasteiger partial charge is 0.682 e. The van der Waals surface area contributed by atoms with E-state index in [1.807, 2.05) is 20.8 Å². The summed E-state index contributed by atoms with van der Waals surface area (Å²) >= 11 is 0. The van der Waals surface area contributed by atoms with E-state index in [9.17, 15) is 4.57 Å². The second kappa shape index (κ2) is 4.98. The highest BCUT2D eigenvalue weighted by molar-refractivity contribution is 7.34. The lowest BCUT2D eigenvalue weighted by molar-refractivity contribution is 0.402. The van der Waals surface area contributed by atoms with Gasteiger partial charge in [-0.1, -0.05) is 20.8 Å². The molecular formula is C6H16O3PSi+. The Morgan fingerprint density at radius 3 is 1.73 bits per heavy atom. The van der Waals surface area contributed by atoms with Gasteiger partial charge in [0.2, 0.25) is 0 Å². The molecule has 1 unspecified atom stereocenters. The molecule has 0 amide bonds. The van der Waals surface area contributed by atoms with Crippen LogP contribution in [-0.2, 0) is 8.78 Å². The normalized spacial score (nSPS) is 13.3. The molecule has 0 fully saturated rings. The van der Waals surface area contributed by atoms with Gasteiger partial charge < -0.3 is 0 Å². The Morgan fingerprint density at radius 1 is 1.27 bits per heavy atom. The minimum absolute atomic E-state index is 0.918. The van der Waals surface area contributed by atoms with Gasteiger partial charge in [0.15, 0.2) is 0 Å². The lowest BCUT2D eigenvalue weighted by Crippen LogP contribution is -2.32. The minimum Gasteiger partial charge on any atom is -0.175 e. The summed E-state index contributed by atoms with van der Waals surface area (Å²) in [5.41, 5.74) is 0. The molecule has 5 heteroatoms. The molecule has 0 aliphatic carbocycles. The van der Waals surface area contributed by atoms with Crippen molar-refractivity contribution >= 4 is 16.6 Å². The molecule has 0 rings (SSSR count). The van der Waals surface area contributed by atoms with E-state index in [1.54, 1.807) is 0 Å². The van der Waals surface area contributed by atoms with Crippen LogP contribution in [0.2, 0.25) is 18.1 Å². The van der Waals surface area contributed by atoms with Crippen molar-refractivity contribution in [1.82, 2.24) is 0 Å². The van der Waals surface area contributed by atoms with Gasteiger partial charge in [0.05, 0.1) is 0 Å². The van der Waals surface area contributed by atoms with Crippen LogP contribution in [0.5, 0.6) is 0 Å². The summed E-state index contributed by atoms with van der Waals surface area (Å²) in [5, 5.41) is 0. The maximum Gasteiger partial charge on any atom is 0.682 e. The van der Waals surface area contributed by atoms with Gasteiger partial charge in [0.25, 0.3) is 8.32 Å². The average Bonchev–Trinajstić information content (AvgIpc) is 2.00. The van der Waals surface area contributed by atoms with E-state index >= 15 is 0 Å². The molecule has 0 radical (unpaired) electrons. The van der Waals surface area contributed by atoms with E-state index in [2.05, 4.69) is 0 Å². The molecule has 1 N–H and O–H groups in total. The fourth-order valence-electron chi connectivity index (χ4n) is 1.11. The van der Waals surface area contributed by atoms with E-state index in [0.29, 0.717) is 0 Å². The molecule has 0 saturated carbocycles. The molecule has 0 aromatic heterocycles. The first-order valence-electron chi connectivity index (χ1n) is 3.95. The van der Waals surface area contributed by atoms with E-state index in [0.717, 1.165) is 18.1 Å². The Bertz CT molecular complexity index is 128. The van der Waals surface area contributed by atoms with Gasteiger partial charge in [-0.15, -0.1) is 4.89 Å². The maximum atomic E-state index is 10.5. The summed E-state index contributed by atoms with van der Waals surface area (Å²) in [5.74, 6) is 0. The Kier molecular flexibility index (Phi) is 5.09. The summed E-state index contributed by atoms with van der Waals surface area (Å²) in [6.07, 6.45) is 0. The third-order valence-corrected chi connectivity index (χ3v) is 8.24. The van der Waals surface area contributed by atoms with Gasteiger partial charge in [0, 0.05) is 4.57 Å². The van der Waals surface area contributed by atoms with Gasteiger partial charge in [-0.2, -0.15) is 4.21 Å². The summed E-state index contributed by atoms with van der Waals surface area (Å²) in [6, 6.07) is 2.75. The smallest absolute Gasteiger partial charge is 0.175 e. The first-order chi connectivity index (χ1) is 5.10. The van der Waals surface area contributed by atoms with Crippen LogP contribution in [0.25, 0.3) is 0 Å². The molecule has 0 aliphatic heterocycles. The molecule has 0 aromatic carbocycles. The molecule has 0 saturated heterocycles. The van der Waals surface area contributed by atoms with Crippen molar-refractivity contribution in [3.8, 4) is 0 Å². The molecule has 11 heavy (non-hydrogen) atoms. The number of hydrogen-bond donors (Lipinski definition) is 1. The van der Waals surface area contributed by atoms with E-state index in [4.69, 9.17) is 9.11 Å². The zero-order chi connectivity index (χ0) is 8.91. The van der Waals surface area contributed by atoms with Crippen molar-refractivity contribution in [3.63, 3.8) is 0 Å². The summed E-state index contributed by atoms with van der Waals surface area (Å²) in [7, 11) is -4.21. The standard InChI is InChI=1S/C6H15O3PSi/c1-4-11(5-2,6-3)9-10(7)8/h4-6H2,1-3H3/p+1. The van der Waals surface area contributed by atoms with Crippen molar-refractivity contribution in [1.29, 1.82) is 0 Å². The van der Waals surface area contributed by atoms with Crippen LogP contribution < -0.4 is 0 Å². The third kappa shape index (κ3) is 3.43. The van der Waals surface area contributed by atoms with Crippen molar-refractivity contribution in [2.75, 3.05) is 0 Å². The van der Waals surface area contributed by atoms with Crippen LogP contribution in [0.1, 0.15) is 20.8 Å². The van der Waals surface area contributed by atoms with E-state index in [1.165, 1.54) is 0 Å². The predicted molar refractivity (Wildman–Crippen MR) is 48.1 cm³/mol. The van der Waals surface area contributed by atoms with Crippen molar-refractivity contribution in [3.05, 3.63) is 0 Å². The van der Waals surface area contributed by atoms with Crippen LogP contribution >= 0.6 is 8.25 Å². The Hall–Kier alpha value is 0.237. The number of rotatable bonds is 5. The van der Waals surface area contributed by atoms with Gasteiger partial charge in [0.1, 0.15) is 0 Å². The molecule has 0 aromatic rings. The monoisotopic (exact) mass is 195 g/mol. The number of hydrogen-bond acceptors (Lipinski definition) is 2. The molecule has 0 aliphatic rings. The van der Waals surface area contributed by atoms with E-state index in [-0.39, 0.29) is 0 Å². The second-order valence-corrected chi connectivity index (χ2v) is 8.27. The minimum atomic E-state index is -2.39. The van der Waals surface area contributed by atoms with Crippen molar-refractivity contribution < 1.29 is 13.7 Å². The second-order valence-electron chi connectivity index (χ2n) is 2.57. The fraction of sp³-hybridized carbons (Fsp3) is 1.00. The Balaban J connectivity index is 4.16. The highest BCUT2D eigenvalue weighted by atomic mass is 31.1. The highest BCUT2D eigenvalue weighted by Gasteiger charge is 2.38. The first-order valence-corrected chi connectivity index (χ1v) is 7.61. The molecular weight excluding hydrogens is 179 g/mol. The van der Waals surface area contributed by atoms with Crippen LogP contribution in [0.4, 0.5) is 0 Å². The molecule has 1 atom stereocenters. The van der Waals surface area contributed by atoms with Crippen LogP contribution in [0.15, 0.2) is 0 Å². The van der Waals surface area contributed by atoms with Crippen LogP contribution in [-0.4, -0.2) is 13.2 Å². The van der Waals surface area contributed by atoms with Gasteiger partial charge in [-0.05, 0) is 18.1 Å². The first kappa shape index (κ1) is 11.2. The molecule has 0 heterocycles. The van der Waals surface area contributed by atoms with Crippen molar-refractivity contribution in [2.45, 2.75) is 38.9 Å². The maximum absolute atomic E-state index is 10.5.